The number of aryl methyl sites for hydroxylation is 1. The highest BCUT2D eigenvalue weighted by Crippen LogP contribution is 2.29. The summed E-state index contributed by atoms with van der Waals surface area (Å²) in [5.41, 5.74) is 5.63. The first-order valence-corrected chi connectivity index (χ1v) is 9.52. The molecule has 3 aromatic rings. The molecule has 7 heteroatoms. The number of rotatable bonds is 2. The minimum absolute atomic E-state index is 0.171. The zero-order valence-electron chi connectivity index (χ0n) is 15.4. The van der Waals surface area contributed by atoms with Gasteiger partial charge in [-0.2, -0.15) is 9.61 Å². The smallest absolute Gasteiger partial charge is 0.254 e. The van der Waals surface area contributed by atoms with E-state index in [-0.39, 0.29) is 5.91 Å². The highest BCUT2D eigenvalue weighted by molar-refractivity contribution is 5.96. The third-order valence-corrected chi connectivity index (χ3v) is 5.81. The summed E-state index contributed by atoms with van der Waals surface area (Å²) in [6, 6.07) is 4.12. The van der Waals surface area contributed by atoms with Gasteiger partial charge in [0, 0.05) is 31.7 Å². The van der Waals surface area contributed by atoms with Crippen LogP contribution in [0.3, 0.4) is 0 Å². The van der Waals surface area contributed by atoms with Crippen molar-refractivity contribution in [2.24, 2.45) is 0 Å². The highest BCUT2D eigenvalue weighted by atomic mass is 16.2. The third-order valence-electron chi connectivity index (χ3n) is 5.81. The van der Waals surface area contributed by atoms with Crippen LogP contribution in [0, 0.1) is 6.92 Å². The van der Waals surface area contributed by atoms with E-state index in [0.717, 1.165) is 49.4 Å². The van der Waals surface area contributed by atoms with Crippen LogP contribution in [0.1, 0.15) is 33.5 Å². The van der Waals surface area contributed by atoms with Gasteiger partial charge in [-0.05, 0) is 48.9 Å². The molecule has 7 nitrogen and oxygen atoms in total. The van der Waals surface area contributed by atoms with Crippen LogP contribution in [0.2, 0.25) is 0 Å². The van der Waals surface area contributed by atoms with E-state index >= 15 is 0 Å². The van der Waals surface area contributed by atoms with Crippen LogP contribution < -0.4 is 4.90 Å². The molecule has 0 saturated carbocycles. The van der Waals surface area contributed by atoms with Gasteiger partial charge in [-0.3, -0.25) is 9.78 Å². The summed E-state index contributed by atoms with van der Waals surface area (Å²) in [6.45, 7) is 5.08. The summed E-state index contributed by atoms with van der Waals surface area (Å²) in [4.78, 5) is 25.8. The molecule has 1 aliphatic carbocycles. The molecule has 0 N–H and O–H groups in total. The average Bonchev–Trinajstić information content (AvgIpc) is 3.37. The van der Waals surface area contributed by atoms with Gasteiger partial charge >= 0.3 is 0 Å². The normalized spacial score (nSPS) is 16.8. The van der Waals surface area contributed by atoms with Crippen molar-refractivity contribution < 1.29 is 4.79 Å². The Balaban J connectivity index is 1.35. The lowest BCUT2D eigenvalue weighted by Crippen LogP contribution is -2.49. The van der Waals surface area contributed by atoms with Gasteiger partial charge in [0.15, 0.2) is 11.5 Å². The van der Waals surface area contributed by atoms with E-state index in [1.807, 2.05) is 17.2 Å². The second-order valence-corrected chi connectivity index (χ2v) is 7.32. The van der Waals surface area contributed by atoms with Crippen molar-refractivity contribution in [2.75, 3.05) is 31.1 Å². The monoisotopic (exact) mass is 362 g/mol. The van der Waals surface area contributed by atoms with E-state index in [9.17, 15) is 4.79 Å². The van der Waals surface area contributed by atoms with E-state index in [4.69, 9.17) is 0 Å². The summed E-state index contributed by atoms with van der Waals surface area (Å²) in [5.74, 6) is 1.10. The van der Waals surface area contributed by atoms with Gasteiger partial charge in [0.1, 0.15) is 6.33 Å². The number of aromatic nitrogens is 4. The van der Waals surface area contributed by atoms with Crippen LogP contribution in [-0.2, 0) is 12.8 Å². The molecular formula is C20H22N6O. The molecule has 0 atom stereocenters. The molecule has 1 fully saturated rings. The van der Waals surface area contributed by atoms with Crippen LogP contribution in [-0.4, -0.2) is 56.6 Å². The average molecular weight is 362 g/mol. The maximum Gasteiger partial charge on any atom is 0.254 e. The van der Waals surface area contributed by atoms with E-state index in [1.54, 1.807) is 10.7 Å². The lowest BCUT2D eigenvalue weighted by atomic mass is 9.98. The molecule has 27 heavy (non-hydrogen) atoms. The Morgan fingerprint density at radius 2 is 1.85 bits per heavy atom. The highest BCUT2D eigenvalue weighted by Gasteiger charge is 2.27. The largest absolute Gasteiger partial charge is 0.352 e. The molecule has 3 heterocycles. The fraction of sp³-hybridized carbons (Fsp3) is 0.400. The Bertz CT molecular complexity index is 1020. The molecule has 0 unspecified atom stereocenters. The Hall–Kier alpha value is -2.96. The molecule has 0 bridgehead atoms. The Labute approximate surface area is 157 Å². The zero-order chi connectivity index (χ0) is 18.4. The number of hydrogen-bond acceptors (Lipinski definition) is 5. The van der Waals surface area contributed by atoms with E-state index < -0.39 is 0 Å². The number of piperazine rings is 1. The van der Waals surface area contributed by atoms with Crippen molar-refractivity contribution in [3.05, 3.63) is 53.1 Å². The van der Waals surface area contributed by atoms with Crippen molar-refractivity contribution in [1.82, 2.24) is 24.5 Å². The van der Waals surface area contributed by atoms with E-state index in [1.165, 1.54) is 23.0 Å². The van der Waals surface area contributed by atoms with Gasteiger partial charge in [0.25, 0.3) is 5.91 Å². The van der Waals surface area contributed by atoms with Crippen LogP contribution >= 0.6 is 0 Å². The van der Waals surface area contributed by atoms with Gasteiger partial charge in [0.05, 0.1) is 12.4 Å². The Kier molecular flexibility index (Phi) is 3.81. The Morgan fingerprint density at radius 1 is 1.04 bits per heavy atom. The molecule has 0 spiro atoms. The number of carbonyl (C=O) groups is 1. The number of nitrogens with zero attached hydrogens (tertiary/aromatic N) is 6. The summed E-state index contributed by atoms with van der Waals surface area (Å²) >= 11 is 0. The van der Waals surface area contributed by atoms with Gasteiger partial charge in [-0.15, -0.1) is 0 Å². The number of hydrogen-bond donors (Lipinski definition) is 0. The van der Waals surface area contributed by atoms with Gasteiger partial charge in [-0.25, -0.2) is 4.98 Å². The summed E-state index contributed by atoms with van der Waals surface area (Å²) in [7, 11) is 0. The molecule has 1 saturated heterocycles. The van der Waals surface area contributed by atoms with Crippen molar-refractivity contribution in [3.8, 4) is 0 Å². The first kappa shape index (κ1) is 16.2. The number of amides is 1. The molecule has 1 aliphatic heterocycles. The summed E-state index contributed by atoms with van der Waals surface area (Å²) in [6.07, 6.45) is 8.34. The van der Waals surface area contributed by atoms with Crippen molar-refractivity contribution in [3.63, 3.8) is 0 Å². The quantitative estimate of drug-likeness (QED) is 0.696. The summed E-state index contributed by atoms with van der Waals surface area (Å²) in [5, 5.41) is 4.29. The number of fused-ring (bicyclic) bond motifs is 2. The van der Waals surface area contributed by atoms with Crippen molar-refractivity contribution >= 4 is 17.4 Å². The zero-order valence-corrected chi connectivity index (χ0v) is 15.4. The maximum atomic E-state index is 13.2. The predicted molar refractivity (Wildman–Crippen MR) is 102 cm³/mol. The van der Waals surface area contributed by atoms with Crippen LogP contribution in [0.4, 0.5) is 5.82 Å². The lowest BCUT2D eigenvalue weighted by Gasteiger charge is -2.36. The van der Waals surface area contributed by atoms with Crippen molar-refractivity contribution in [1.29, 1.82) is 0 Å². The van der Waals surface area contributed by atoms with Crippen LogP contribution in [0.5, 0.6) is 0 Å². The van der Waals surface area contributed by atoms with Gasteiger partial charge < -0.3 is 9.80 Å². The second kappa shape index (κ2) is 6.33. The fourth-order valence-electron chi connectivity index (χ4n) is 4.35. The van der Waals surface area contributed by atoms with Crippen LogP contribution in [0.25, 0.3) is 5.65 Å². The molecule has 2 aromatic heterocycles. The minimum Gasteiger partial charge on any atom is -0.352 e. The molecule has 1 amide bonds. The molecule has 1 aromatic carbocycles. The molecule has 2 aliphatic rings. The topological polar surface area (TPSA) is 66.6 Å². The predicted octanol–water partition coefficient (Wildman–Crippen LogP) is 1.88. The number of carbonyl (C=O) groups excluding carboxylic acids is 1. The van der Waals surface area contributed by atoms with E-state index in [0.29, 0.717) is 13.1 Å². The maximum absolute atomic E-state index is 13.2. The van der Waals surface area contributed by atoms with Gasteiger partial charge in [-0.1, -0.05) is 6.07 Å². The molecular weight excluding hydrogens is 340 g/mol. The SMILES string of the molecule is Cc1ccc(C(=O)N2CCN(c3cncc4ncnn34)CC2)c2c1CCC2. The van der Waals surface area contributed by atoms with Crippen molar-refractivity contribution in [2.45, 2.75) is 26.2 Å². The van der Waals surface area contributed by atoms with Crippen LogP contribution in [0.15, 0.2) is 30.9 Å². The molecule has 0 radical (unpaired) electrons. The molecule has 5 rings (SSSR count). The van der Waals surface area contributed by atoms with Gasteiger partial charge in [0.2, 0.25) is 0 Å². The first-order chi connectivity index (χ1) is 13.2. The number of anilines is 1. The standard InChI is InChI=1S/C20H22N6O/c1-14-5-6-17(16-4-2-3-15(14)16)20(27)25-9-7-24(8-10-25)19-12-21-11-18-22-13-23-26(18)19/h5-6,11-13H,2-4,7-10H2,1H3. The minimum atomic E-state index is 0.171. The number of benzene rings is 1. The molecule has 138 valence electrons. The summed E-state index contributed by atoms with van der Waals surface area (Å²) < 4.78 is 1.80. The second-order valence-electron chi connectivity index (χ2n) is 7.32. The lowest BCUT2D eigenvalue weighted by molar-refractivity contribution is 0.0745. The Morgan fingerprint density at radius 3 is 2.70 bits per heavy atom. The third kappa shape index (κ3) is 2.65. The first-order valence-electron chi connectivity index (χ1n) is 9.52. The van der Waals surface area contributed by atoms with E-state index in [2.05, 4.69) is 33.0 Å². The fourth-order valence-corrected chi connectivity index (χ4v) is 4.35.